The average molecular weight is 443 g/mol. The van der Waals surface area contributed by atoms with Crippen molar-refractivity contribution >= 4 is 16.8 Å². The fraction of sp³-hybridized carbons (Fsp3) is 0.280. The summed E-state index contributed by atoms with van der Waals surface area (Å²) in [7, 11) is 4.18. The van der Waals surface area contributed by atoms with Gasteiger partial charge in [0.05, 0.1) is 17.4 Å². The molecule has 1 saturated heterocycles. The fourth-order valence-electron chi connectivity index (χ4n) is 4.38. The Bertz CT molecular complexity index is 1350. The van der Waals surface area contributed by atoms with Gasteiger partial charge in [0.2, 0.25) is 0 Å². The zero-order chi connectivity index (χ0) is 22.9. The Morgan fingerprint density at radius 2 is 1.79 bits per heavy atom. The molecule has 1 fully saturated rings. The van der Waals surface area contributed by atoms with Crippen molar-refractivity contribution in [3.05, 3.63) is 76.7 Å². The summed E-state index contributed by atoms with van der Waals surface area (Å²) in [5.74, 6) is 0.0562. The Hall–Kier alpha value is -3.78. The number of hydrogen-bond donors (Lipinski definition) is 1. The van der Waals surface area contributed by atoms with Crippen LogP contribution in [-0.4, -0.2) is 68.9 Å². The fourth-order valence-corrected chi connectivity index (χ4v) is 4.38. The van der Waals surface area contributed by atoms with Crippen molar-refractivity contribution in [3.8, 4) is 16.9 Å². The van der Waals surface area contributed by atoms with Crippen LogP contribution in [0.5, 0.6) is 0 Å². The van der Waals surface area contributed by atoms with Gasteiger partial charge in [-0.2, -0.15) is 0 Å². The highest BCUT2D eigenvalue weighted by atomic mass is 16.2. The van der Waals surface area contributed by atoms with E-state index < -0.39 is 0 Å². The van der Waals surface area contributed by atoms with Crippen LogP contribution in [0.1, 0.15) is 23.2 Å². The van der Waals surface area contributed by atoms with Crippen LogP contribution in [0.25, 0.3) is 27.8 Å². The summed E-state index contributed by atoms with van der Waals surface area (Å²) in [6.45, 7) is 1.55. The van der Waals surface area contributed by atoms with Crippen LogP contribution in [0.4, 0.5) is 0 Å². The van der Waals surface area contributed by atoms with Gasteiger partial charge in [0, 0.05) is 30.2 Å². The molecule has 33 heavy (non-hydrogen) atoms. The summed E-state index contributed by atoms with van der Waals surface area (Å²) in [6, 6.07) is 17.3. The summed E-state index contributed by atoms with van der Waals surface area (Å²) < 4.78 is 1.61. The predicted molar refractivity (Wildman–Crippen MR) is 128 cm³/mol. The molecule has 4 aromatic rings. The summed E-state index contributed by atoms with van der Waals surface area (Å²) in [6.07, 6.45) is 3.71. The van der Waals surface area contributed by atoms with Gasteiger partial charge in [-0.25, -0.2) is 4.68 Å². The number of pyridine rings is 1. The van der Waals surface area contributed by atoms with Crippen molar-refractivity contribution in [1.82, 2.24) is 29.8 Å². The number of hydrogen-bond acceptors (Lipinski definition) is 5. The quantitative estimate of drug-likeness (QED) is 0.525. The highest BCUT2D eigenvalue weighted by Gasteiger charge is 2.24. The molecule has 1 N–H and O–H groups in total. The van der Waals surface area contributed by atoms with Crippen molar-refractivity contribution in [2.45, 2.75) is 18.9 Å². The van der Waals surface area contributed by atoms with Crippen LogP contribution < -0.4 is 5.56 Å². The molecular formula is C25H26N6O2. The van der Waals surface area contributed by atoms with Crippen LogP contribution in [0.2, 0.25) is 0 Å². The topological polar surface area (TPSA) is 87.1 Å². The number of fused-ring (bicyclic) bond motifs is 1. The normalized spacial score (nSPS) is 14.8. The van der Waals surface area contributed by atoms with Crippen molar-refractivity contribution < 1.29 is 4.79 Å². The predicted octanol–water partition coefficient (Wildman–Crippen LogP) is 2.94. The summed E-state index contributed by atoms with van der Waals surface area (Å²) in [4.78, 5) is 32.5. The van der Waals surface area contributed by atoms with E-state index in [1.807, 2.05) is 59.5 Å². The largest absolute Gasteiger partial charge is 0.339 e. The molecule has 0 radical (unpaired) electrons. The molecule has 8 nitrogen and oxygen atoms in total. The number of aromatic nitrogens is 4. The summed E-state index contributed by atoms with van der Waals surface area (Å²) >= 11 is 0. The second-order valence-electron chi connectivity index (χ2n) is 8.68. The number of benzene rings is 2. The van der Waals surface area contributed by atoms with Gasteiger partial charge >= 0.3 is 0 Å². The molecule has 0 atom stereocenters. The van der Waals surface area contributed by atoms with Crippen LogP contribution in [0.3, 0.4) is 0 Å². The van der Waals surface area contributed by atoms with Crippen LogP contribution in [0, 0.1) is 0 Å². The third kappa shape index (κ3) is 4.17. The second-order valence-corrected chi connectivity index (χ2v) is 8.68. The molecule has 1 aliphatic rings. The van der Waals surface area contributed by atoms with Gasteiger partial charge in [0.25, 0.3) is 11.5 Å². The van der Waals surface area contributed by atoms with Gasteiger partial charge in [-0.15, -0.1) is 5.10 Å². The highest BCUT2D eigenvalue weighted by Crippen LogP contribution is 2.20. The zero-order valence-corrected chi connectivity index (χ0v) is 18.7. The first-order valence-electron chi connectivity index (χ1n) is 11.1. The van der Waals surface area contributed by atoms with Gasteiger partial charge in [0.15, 0.2) is 0 Å². The number of rotatable bonds is 4. The van der Waals surface area contributed by atoms with Gasteiger partial charge in [-0.1, -0.05) is 23.4 Å². The number of piperidine rings is 1. The van der Waals surface area contributed by atoms with Gasteiger partial charge in [0.1, 0.15) is 5.69 Å². The second kappa shape index (κ2) is 8.63. The van der Waals surface area contributed by atoms with Crippen LogP contribution in [0.15, 0.2) is 65.6 Å². The number of carbonyl (C=O) groups is 1. The minimum absolute atomic E-state index is 0.0562. The maximum absolute atomic E-state index is 12.9. The van der Waals surface area contributed by atoms with E-state index in [-0.39, 0.29) is 11.5 Å². The van der Waals surface area contributed by atoms with E-state index in [0.29, 0.717) is 22.9 Å². The lowest BCUT2D eigenvalue weighted by Crippen LogP contribution is -2.44. The maximum atomic E-state index is 12.9. The number of likely N-dealkylation sites (tertiary alicyclic amines) is 1. The lowest BCUT2D eigenvalue weighted by molar-refractivity contribution is 0.0663. The van der Waals surface area contributed by atoms with Crippen LogP contribution >= 0.6 is 0 Å². The van der Waals surface area contributed by atoms with Crippen molar-refractivity contribution in [2.24, 2.45) is 0 Å². The molecule has 168 valence electrons. The third-order valence-corrected chi connectivity index (χ3v) is 6.38. The molecule has 0 bridgehead atoms. The van der Waals surface area contributed by atoms with Crippen LogP contribution in [-0.2, 0) is 0 Å². The average Bonchev–Trinajstić information content (AvgIpc) is 3.33. The Labute approximate surface area is 191 Å². The summed E-state index contributed by atoms with van der Waals surface area (Å²) in [5.41, 5.74) is 2.96. The van der Waals surface area contributed by atoms with E-state index >= 15 is 0 Å². The molecule has 2 aromatic heterocycles. The number of nitrogens with zero attached hydrogens (tertiary/aromatic N) is 5. The van der Waals surface area contributed by atoms with E-state index in [1.165, 1.54) is 0 Å². The number of amides is 1. The molecular weight excluding hydrogens is 416 g/mol. The Morgan fingerprint density at radius 3 is 2.52 bits per heavy atom. The Balaban J connectivity index is 1.33. The first-order chi connectivity index (χ1) is 16.0. The molecule has 0 unspecified atom stereocenters. The number of para-hydroxylation sites is 1. The molecule has 3 heterocycles. The zero-order valence-electron chi connectivity index (χ0n) is 18.7. The first-order valence-corrected chi connectivity index (χ1v) is 11.1. The SMILES string of the molecule is CN(C)C1CCN(C(=O)c2ccc(-n3cc(-c4cc5ccccc5[nH]c4=O)nn3)cc2)CC1. The van der Waals surface area contributed by atoms with E-state index in [1.54, 1.807) is 10.9 Å². The van der Waals surface area contributed by atoms with Gasteiger partial charge in [-0.05, 0) is 68.7 Å². The third-order valence-electron chi connectivity index (χ3n) is 6.38. The summed E-state index contributed by atoms with van der Waals surface area (Å²) in [5, 5.41) is 9.31. The number of carbonyl (C=O) groups excluding carboxylic acids is 1. The lowest BCUT2D eigenvalue weighted by Gasteiger charge is -2.35. The molecule has 0 spiro atoms. The van der Waals surface area contributed by atoms with Crippen molar-refractivity contribution in [3.63, 3.8) is 0 Å². The van der Waals surface area contributed by atoms with E-state index in [2.05, 4.69) is 34.3 Å². The molecule has 0 saturated carbocycles. The molecule has 1 aliphatic heterocycles. The highest BCUT2D eigenvalue weighted by molar-refractivity contribution is 5.94. The molecule has 1 amide bonds. The van der Waals surface area contributed by atoms with Crippen molar-refractivity contribution in [2.75, 3.05) is 27.2 Å². The standard InChI is InChI=1S/C25H26N6O2/c1-29(2)19-11-13-30(14-12-19)25(33)17-7-9-20(10-8-17)31-16-23(27-28-31)21-15-18-5-3-4-6-22(18)26-24(21)32/h3-10,15-16,19H,11-14H2,1-2H3,(H,26,32). The molecule has 5 rings (SSSR count). The monoisotopic (exact) mass is 442 g/mol. The minimum Gasteiger partial charge on any atom is -0.339 e. The first kappa shape index (κ1) is 21.1. The van der Waals surface area contributed by atoms with Crippen molar-refractivity contribution in [1.29, 1.82) is 0 Å². The minimum atomic E-state index is -0.209. The maximum Gasteiger partial charge on any atom is 0.258 e. The van der Waals surface area contributed by atoms with E-state index in [0.717, 1.165) is 42.5 Å². The molecule has 0 aliphatic carbocycles. The molecule has 2 aromatic carbocycles. The van der Waals surface area contributed by atoms with E-state index in [4.69, 9.17) is 0 Å². The van der Waals surface area contributed by atoms with Gasteiger partial charge in [-0.3, -0.25) is 9.59 Å². The number of nitrogens with one attached hydrogen (secondary N) is 1. The Kier molecular flexibility index (Phi) is 5.51. The number of H-pyrrole nitrogens is 1. The lowest BCUT2D eigenvalue weighted by atomic mass is 10.0. The Morgan fingerprint density at radius 1 is 1.06 bits per heavy atom. The van der Waals surface area contributed by atoms with Gasteiger partial charge < -0.3 is 14.8 Å². The molecule has 8 heteroatoms. The number of aromatic amines is 1. The smallest absolute Gasteiger partial charge is 0.258 e. The van der Waals surface area contributed by atoms with E-state index in [9.17, 15) is 9.59 Å².